The molecule has 11 heavy (non-hydrogen) atoms. The molecule has 0 aliphatic heterocycles. The summed E-state index contributed by atoms with van der Waals surface area (Å²) in [4.78, 5) is 0. The zero-order valence-corrected chi connectivity index (χ0v) is 10.3. The maximum atomic E-state index is 5.46. The molecule has 0 aromatic heterocycles. The average Bonchev–Trinajstić information content (AvgIpc) is 1.81. The molecule has 3 heteroatoms. The van der Waals surface area contributed by atoms with E-state index in [0.29, 0.717) is 0 Å². The van der Waals surface area contributed by atoms with Crippen LogP contribution in [0, 0.1) is 5.92 Å². The van der Waals surface area contributed by atoms with Crippen molar-refractivity contribution in [3.05, 3.63) is 0 Å². The Balaban J connectivity index is 3.71. The van der Waals surface area contributed by atoms with Gasteiger partial charge in [0.2, 0.25) is 0 Å². The van der Waals surface area contributed by atoms with Gasteiger partial charge in [-0.05, 0) is 24.7 Å². The lowest BCUT2D eigenvalue weighted by molar-refractivity contribution is 0.744. The summed E-state index contributed by atoms with van der Waals surface area (Å²) >= 11 is 10.0. The summed E-state index contributed by atoms with van der Waals surface area (Å²) in [6, 6.07) is 0. The highest BCUT2D eigenvalue weighted by atomic mass is 32.9. The van der Waals surface area contributed by atoms with E-state index in [0.717, 1.165) is 12.1 Å². The predicted octanol–water partition coefficient (Wildman–Crippen LogP) is 3.77. The molecule has 1 atom stereocenters. The van der Waals surface area contributed by atoms with Gasteiger partial charge in [0.05, 0.1) is 0 Å². The van der Waals surface area contributed by atoms with Crippen LogP contribution < -0.4 is 0 Å². The van der Waals surface area contributed by atoms with E-state index in [1.54, 1.807) is 0 Å². The molecular formula is C8H19PS2. The highest BCUT2D eigenvalue weighted by molar-refractivity contribution is 8.63. The van der Waals surface area contributed by atoms with Gasteiger partial charge < -0.3 is 0 Å². The molecule has 68 valence electrons. The third-order valence-corrected chi connectivity index (χ3v) is 5.91. The van der Waals surface area contributed by atoms with Gasteiger partial charge in [0.15, 0.2) is 0 Å². The fourth-order valence-electron chi connectivity index (χ4n) is 1.07. The van der Waals surface area contributed by atoms with E-state index in [2.05, 4.69) is 33.0 Å². The lowest BCUT2D eigenvalue weighted by Gasteiger charge is -2.17. The second-order valence-electron chi connectivity index (χ2n) is 3.50. The summed E-state index contributed by atoms with van der Waals surface area (Å²) in [5.41, 5.74) is 0. The third kappa shape index (κ3) is 7.36. The normalized spacial score (nSPS) is 16.8. The largest absolute Gasteiger partial charge is 0.141 e. The monoisotopic (exact) mass is 210 g/mol. The van der Waals surface area contributed by atoms with Gasteiger partial charge >= 0.3 is 0 Å². The smallest absolute Gasteiger partial charge is 0.00368 e. The molecule has 0 bridgehead atoms. The first-order valence-electron chi connectivity index (χ1n) is 4.29. The van der Waals surface area contributed by atoms with Crippen LogP contribution in [0.25, 0.3) is 0 Å². The third-order valence-electron chi connectivity index (χ3n) is 1.51. The molecule has 0 aliphatic carbocycles. The van der Waals surface area contributed by atoms with Gasteiger partial charge in [-0.3, -0.25) is 0 Å². The van der Waals surface area contributed by atoms with Crippen LogP contribution in [0.5, 0.6) is 0 Å². The first kappa shape index (κ1) is 12.0. The van der Waals surface area contributed by atoms with E-state index in [1.807, 2.05) is 0 Å². The van der Waals surface area contributed by atoms with Crippen LogP contribution in [0.3, 0.4) is 0 Å². The highest BCUT2D eigenvalue weighted by Crippen LogP contribution is 2.52. The van der Waals surface area contributed by atoms with Crippen molar-refractivity contribution in [1.29, 1.82) is 0 Å². The van der Waals surface area contributed by atoms with Crippen LogP contribution >= 0.6 is 17.5 Å². The van der Waals surface area contributed by atoms with Crippen molar-refractivity contribution in [2.24, 2.45) is 5.92 Å². The molecule has 0 radical (unpaired) electrons. The Labute approximate surface area is 81.3 Å². The number of unbranched alkanes of at least 4 members (excludes halogenated alkanes) is 1. The zero-order chi connectivity index (χ0) is 8.91. The molecule has 1 unspecified atom stereocenters. The predicted molar refractivity (Wildman–Crippen MR) is 62.8 cm³/mol. The lowest BCUT2D eigenvalue weighted by atomic mass is 10.3. The molecular weight excluding hydrogens is 191 g/mol. The van der Waals surface area contributed by atoms with E-state index >= 15 is 0 Å². The quantitative estimate of drug-likeness (QED) is 0.532. The van der Waals surface area contributed by atoms with Crippen molar-refractivity contribution in [3.63, 3.8) is 0 Å². The molecule has 0 saturated carbocycles. The summed E-state index contributed by atoms with van der Waals surface area (Å²) in [6.45, 7) is 6.66. The minimum atomic E-state index is -1.24. The average molecular weight is 210 g/mol. The van der Waals surface area contributed by atoms with Crippen LogP contribution in [0.1, 0.15) is 33.6 Å². The van der Waals surface area contributed by atoms with Crippen molar-refractivity contribution in [3.8, 4) is 0 Å². The lowest BCUT2D eigenvalue weighted by Crippen LogP contribution is -1.97. The van der Waals surface area contributed by atoms with Gasteiger partial charge in [-0.2, -0.15) is 0 Å². The minimum absolute atomic E-state index is 0.718. The Kier molecular flexibility index (Phi) is 6.12. The van der Waals surface area contributed by atoms with Gasteiger partial charge in [0.25, 0.3) is 0 Å². The number of hydrogen-bond donors (Lipinski definition) is 1. The van der Waals surface area contributed by atoms with Crippen LogP contribution in [0.2, 0.25) is 0 Å². The van der Waals surface area contributed by atoms with E-state index in [9.17, 15) is 0 Å². The summed E-state index contributed by atoms with van der Waals surface area (Å²) in [7, 11) is 0. The molecule has 0 fully saturated rings. The number of rotatable bonds is 5. The first-order valence-corrected chi connectivity index (χ1v) is 8.61. The molecule has 0 rings (SSSR count). The van der Waals surface area contributed by atoms with E-state index < -0.39 is 5.24 Å². The summed E-state index contributed by atoms with van der Waals surface area (Å²) < 4.78 is 0. The standard InChI is InChI=1S/C8H19PS2/c1-4-5-6-9(10,11)7-8(2)3/h8H,4-7H2,1-3H3,(H,10,11). The van der Waals surface area contributed by atoms with Crippen LogP contribution in [-0.4, -0.2) is 12.3 Å². The molecule has 0 nitrogen and oxygen atoms in total. The molecule has 0 spiro atoms. The Morgan fingerprint density at radius 1 is 1.45 bits per heavy atom. The van der Waals surface area contributed by atoms with Crippen molar-refractivity contribution in [2.75, 3.05) is 12.3 Å². The number of thiol groups is 1. The van der Waals surface area contributed by atoms with Gasteiger partial charge in [0, 0.05) is 5.24 Å². The van der Waals surface area contributed by atoms with Gasteiger partial charge in [-0.25, -0.2) is 0 Å². The van der Waals surface area contributed by atoms with Gasteiger partial charge in [0.1, 0.15) is 0 Å². The minimum Gasteiger partial charge on any atom is -0.141 e. The van der Waals surface area contributed by atoms with Crippen LogP contribution in [-0.2, 0) is 11.8 Å². The van der Waals surface area contributed by atoms with Crippen molar-refractivity contribution < 1.29 is 0 Å². The Morgan fingerprint density at radius 3 is 2.36 bits per heavy atom. The SMILES string of the molecule is CCCCP(=S)(S)CC(C)C. The van der Waals surface area contributed by atoms with Crippen molar-refractivity contribution in [1.82, 2.24) is 0 Å². The molecule has 0 aromatic carbocycles. The van der Waals surface area contributed by atoms with Crippen LogP contribution in [0.4, 0.5) is 0 Å². The highest BCUT2D eigenvalue weighted by Gasteiger charge is 2.12. The first-order chi connectivity index (χ1) is 4.98. The molecule has 0 aromatic rings. The van der Waals surface area contributed by atoms with E-state index in [-0.39, 0.29) is 0 Å². The Bertz CT molecular complexity index is 143. The van der Waals surface area contributed by atoms with Crippen molar-refractivity contribution >= 4 is 29.3 Å². The second-order valence-corrected chi connectivity index (χ2v) is 11.2. The van der Waals surface area contributed by atoms with Crippen molar-refractivity contribution in [2.45, 2.75) is 33.6 Å². The summed E-state index contributed by atoms with van der Waals surface area (Å²) in [5, 5.41) is -1.24. The van der Waals surface area contributed by atoms with Crippen LogP contribution in [0.15, 0.2) is 0 Å². The summed E-state index contributed by atoms with van der Waals surface area (Å²) in [5.74, 6) is 0.718. The van der Waals surface area contributed by atoms with E-state index in [1.165, 1.54) is 19.0 Å². The second kappa shape index (κ2) is 5.61. The van der Waals surface area contributed by atoms with Gasteiger partial charge in [-0.15, -0.1) is 12.2 Å². The fourth-order valence-corrected chi connectivity index (χ4v) is 5.89. The Morgan fingerprint density at radius 2 is 2.00 bits per heavy atom. The topological polar surface area (TPSA) is 0 Å². The van der Waals surface area contributed by atoms with E-state index in [4.69, 9.17) is 11.8 Å². The molecule has 0 amide bonds. The maximum absolute atomic E-state index is 5.46. The molecule has 0 saturated heterocycles. The Hall–Kier alpha value is 1.00. The number of hydrogen-bond acceptors (Lipinski definition) is 1. The maximum Gasteiger partial charge on any atom is 0.00368 e. The van der Waals surface area contributed by atoms with Gasteiger partial charge in [-0.1, -0.05) is 39.0 Å². The summed E-state index contributed by atoms with van der Waals surface area (Å²) in [6.07, 6.45) is 4.84. The molecule has 0 N–H and O–H groups in total. The molecule has 0 aliphatic rings. The fraction of sp³-hybridized carbons (Fsp3) is 1.00. The molecule has 0 heterocycles. The zero-order valence-electron chi connectivity index (χ0n) is 7.71.